The van der Waals surface area contributed by atoms with Crippen molar-refractivity contribution in [1.29, 1.82) is 0 Å². The number of rotatable bonds is 7. The Morgan fingerprint density at radius 2 is 1.50 bits per heavy atom. The lowest BCUT2D eigenvalue weighted by Gasteiger charge is -2.21. The minimum Gasteiger partial charge on any atom is -0.340 e. The molecule has 0 radical (unpaired) electrons. The van der Waals surface area contributed by atoms with Crippen molar-refractivity contribution in [2.24, 2.45) is 0 Å². The molecule has 2 heterocycles. The van der Waals surface area contributed by atoms with E-state index < -0.39 is 0 Å². The fraction of sp³-hybridized carbons (Fsp3) is 0.526. The molecule has 0 spiro atoms. The number of amides is 3. The zero-order valence-electron chi connectivity index (χ0n) is 14.2. The van der Waals surface area contributed by atoms with Crippen LogP contribution in [-0.4, -0.2) is 46.7 Å². The van der Waals surface area contributed by atoms with E-state index in [0.717, 1.165) is 38.6 Å². The SMILES string of the molecule is C[C@@H]1CCC(=O)N1CCCCCCN1C(=O)c2ccccc2C1=O. The summed E-state index contributed by atoms with van der Waals surface area (Å²) in [5.74, 6) is -0.0762. The molecule has 3 amide bonds. The molecule has 0 unspecified atom stereocenters. The lowest BCUT2D eigenvalue weighted by Crippen LogP contribution is -2.32. The zero-order chi connectivity index (χ0) is 17.1. The van der Waals surface area contributed by atoms with Crippen LogP contribution >= 0.6 is 0 Å². The summed E-state index contributed by atoms with van der Waals surface area (Å²) >= 11 is 0. The summed E-state index contributed by atoms with van der Waals surface area (Å²) in [6, 6.07) is 7.37. The Kier molecular flexibility index (Phi) is 4.97. The number of fused-ring (bicyclic) bond motifs is 1. The molecule has 0 N–H and O–H groups in total. The van der Waals surface area contributed by atoms with Crippen molar-refractivity contribution in [2.75, 3.05) is 13.1 Å². The molecular weight excluding hydrogens is 304 g/mol. The highest BCUT2D eigenvalue weighted by Crippen LogP contribution is 2.23. The largest absolute Gasteiger partial charge is 0.340 e. The van der Waals surface area contributed by atoms with Gasteiger partial charge in [0.05, 0.1) is 11.1 Å². The van der Waals surface area contributed by atoms with Gasteiger partial charge in [-0.05, 0) is 38.3 Å². The van der Waals surface area contributed by atoms with Gasteiger partial charge in [-0.25, -0.2) is 0 Å². The lowest BCUT2D eigenvalue weighted by atomic mass is 10.1. The van der Waals surface area contributed by atoms with Crippen LogP contribution in [0.3, 0.4) is 0 Å². The van der Waals surface area contributed by atoms with Crippen LogP contribution in [0.1, 0.15) is 66.2 Å². The normalized spacial score (nSPS) is 20.2. The van der Waals surface area contributed by atoms with E-state index in [1.165, 1.54) is 4.90 Å². The molecule has 24 heavy (non-hydrogen) atoms. The number of unbranched alkanes of at least 4 members (excludes halogenated alkanes) is 3. The third-order valence-corrected chi connectivity index (χ3v) is 5.04. The maximum Gasteiger partial charge on any atom is 0.261 e. The number of carbonyl (C=O) groups is 3. The Balaban J connectivity index is 1.38. The first-order chi connectivity index (χ1) is 11.6. The van der Waals surface area contributed by atoms with E-state index in [9.17, 15) is 14.4 Å². The van der Waals surface area contributed by atoms with Crippen molar-refractivity contribution < 1.29 is 14.4 Å². The van der Waals surface area contributed by atoms with Crippen molar-refractivity contribution in [1.82, 2.24) is 9.80 Å². The number of nitrogens with zero attached hydrogens (tertiary/aromatic N) is 2. The summed E-state index contributed by atoms with van der Waals surface area (Å²) in [5, 5.41) is 0. The van der Waals surface area contributed by atoms with Gasteiger partial charge in [-0.1, -0.05) is 25.0 Å². The molecule has 2 aliphatic rings. The van der Waals surface area contributed by atoms with Crippen LogP contribution in [0.4, 0.5) is 0 Å². The first-order valence-electron chi connectivity index (χ1n) is 8.84. The van der Waals surface area contributed by atoms with E-state index in [-0.39, 0.29) is 17.7 Å². The highest BCUT2D eigenvalue weighted by atomic mass is 16.2. The number of benzene rings is 1. The van der Waals surface area contributed by atoms with Gasteiger partial charge in [0.1, 0.15) is 0 Å². The second-order valence-corrected chi connectivity index (χ2v) is 6.70. The summed E-state index contributed by atoms with van der Waals surface area (Å²) < 4.78 is 0. The fourth-order valence-corrected chi connectivity index (χ4v) is 3.57. The van der Waals surface area contributed by atoms with E-state index in [2.05, 4.69) is 6.92 Å². The predicted octanol–water partition coefficient (Wildman–Crippen LogP) is 2.85. The molecule has 0 aromatic heterocycles. The van der Waals surface area contributed by atoms with Gasteiger partial charge in [0.25, 0.3) is 11.8 Å². The van der Waals surface area contributed by atoms with Gasteiger partial charge in [0.15, 0.2) is 0 Å². The topological polar surface area (TPSA) is 57.7 Å². The molecule has 0 bridgehead atoms. The Morgan fingerprint density at radius 1 is 0.917 bits per heavy atom. The van der Waals surface area contributed by atoms with Gasteiger partial charge in [-0.2, -0.15) is 0 Å². The van der Waals surface area contributed by atoms with Gasteiger partial charge in [0, 0.05) is 25.6 Å². The molecule has 1 aromatic rings. The van der Waals surface area contributed by atoms with Crippen molar-refractivity contribution in [3.05, 3.63) is 35.4 Å². The minimum absolute atomic E-state index is 0.174. The molecule has 1 aromatic carbocycles. The Morgan fingerprint density at radius 3 is 2.04 bits per heavy atom. The maximum absolute atomic E-state index is 12.2. The summed E-state index contributed by atoms with van der Waals surface area (Å²) in [6.45, 7) is 3.41. The summed E-state index contributed by atoms with van der Waals surface area (Å²) in [6.07, 6.45) is 5.43. The van der Waals surface area contributed by atoms with Crippen LogP contribution < -0.4 is 0 Å². The van der Waals surface area contributed by atoms with Crippen LogP contribution in [0, 0.1) is 0 Å². The van der Waals surface area contributed by atoms with Crippen LogP contribution in [0.15, 0.2) is 24.3 Å². The Hall–Kier alpha value is -2.17. The molecule has 5 heteroatoms. The van der Waals surface area contributed by atoms with Crippen LogP contribution in [0.5, 0.6) is 0 Å². The Labute approximate surface area is 142 Å². The van der Waals surface area contributed by atoms with Gasteiger partial charge in [0.2, 0.25) is 5.91 Å². The molecule has 1 atom stereocenters. The molecule has 2 aliphatic heterocycles. The van der Waals surface area contributed by atoms with E-state index in [1.807, 2.05) is 4.90 Å². The van der Waals surface area contributed by atoms with Crippen LogP contribution in [0.2, 0.25) is 0 Å². The van der Waals surface area contributed by atoms with Gasteiger partial charge < -0.3 is 4.90 Å². The van der Waals surface area contributed by atoms with Gasteiger partial charge >= 0.3 is 0 Å². The van der Waals surface area contributed by atoms with Gasteiger partial charge in [-0.3, -0.25) is 19.3 Å². The maximum atomic E-state index is 12.2. The monoisotopic (exact) mass is 328 g/mol. The highest BCUT2D eigenvalue weighted by molar-refractivity contribution is 6.21. The smallest absolute Gasteiger partial charge is 0.261 e. The van der Waals surface area contributed by atoms with Gasteiger partial charge in [-0.15, -0.1) is 0 Å². The number of hydrogen-bond acceptors (Lipinski definition) is 3. The van der Waals surface area contributed by atoms with E-state index >= 15 is 0 Å². The average molecular weight is 328 g/mol. The number of likely N-dealkylation sites (tertiary alicyclic amines) is 1. The number of hydrogen-bond donors (Lipinski definition) is 0. The quantitative estimate of drug-likeness (QED) is 0.571. The van der Waals surface area contributed by atoms with Crippen molar-refractivity contribution in [2.45, 2.75) is 51.5 Å². The van der Waals surface area contributed by atoms with Crippen LogP contribution in [-0.2, 0) is 4.79 Å². The third kappa shape index (κ3) is 3.21. The van der Waals surface area contributed by atoms with E-state index in [0.29, 0.717) is 30.1 Å². The zero-order valence-corrected chi connectivity index (χ0v) is 14.2. The molecular formula is C19H24N2O3. The molecule has 1 saturated heterocycles. The standard InChI is InChI=1S/C19H24N2O3/c1-14-10-11-17(22)20(14)12-6-2-3-7-13-21-18(23)15-8-4-5-9-16(15)19(21)24/h4-5,8-9,14H,2-3,6-7,10-13H2,1H3/t14-/m1/s1. The molecule has 128 valence electrons. The number of carbonyl (C=O) groups excluding carboxylic acids is 3. The third-order valence-electron chi connectivity index (χ3n) is 5.04. The summed E-state index contributed by atoms with van der Waals surface area (Å²) in [4.78, 5) is 39.5. The molecule has 1 fully saturated rings. The molecule has 0 saturated carbocycles. The number of imide groups is 1. The fourth-order valence-electron chi connectivity index (χ4n) is 3.57. The summed E-state index contributed by atoms with van der Waals surface area (Å²) in [5.41, 5.74) is 1.04. The Bertz CT molecular complexity index is 621. The van der Waals surface area contributed by atoms with Crippen LogP contribution in [0.25, 0.3) is 0 Å². The van der Waals surface area contributed by atoms with E-state index in [1.54, 1.807) is 24.3 Å². The second-order valence-electron chi connectivity index (χ2n) is 6.70. The minimum atomic E-state index is -0.174. The highest BCUT2D eigenvalue weighted by Gasteiger charge is 2.34. The molecule has 5 nitrogen and oxygen atoms in total. The lowest BCUT2D eigenvalue weighted by molar-refractivity contribution is -0.128. The molecule has 3 rings (SSSR count). The van der Waals surface area contributed by atoms with Crippen molar-refractivity contribution in [3.8, 4) is 0 Å². The second kappa shape index (κ2) is 7.16. The summed E-state index contributed by atoms with van der Waals surface area (Å²) in [7, 11) is 0. The van der Waals surface area contributed by atoms with Crippen molar-refractivity contribution >= 4 is 17.7 Å². The average Bonchev–Trinajstić information content (AvgIpc) is 3.03. The van der Waals surface area contributed by atoms with E-state index in [4.69, 9.17) is 0 Å². The van der Waals surface area contributed by atoms with Crippen molar-refractivity contribution in [3.63, 3.8) is 0 Å². The first-order valence-corrected chi connectivity index (χ1v) is 8.84. The predicted molar refractivity (Wildman–Crippen MR) is 90.7 cm³/mol. The first kappa shape index (κ1) is 16.7. The molecule has 0 aliphatic carbocycles.